The number of hydrogen-bond donors (Lipinski definition) is 2. The molecular formula is C10H20O2S2. The van der Waals surface area contributed by atoms with Gasteiger partial charge in [0.15, 0.2) is 4.08 Å². The van der Waals surface area contributed by atoms with Crippen LogP contribution in [0.4, 0.5) is 0 Å². The summed E-state index contributed by atoms with van der Waals surface area (Å²) in [5.41, 5.74) is 0. The largest absolute Gasteiger partial charge is 0.464 e. The second kappa shape index (κ2) is 7.46. The number of thiol groups is 2. The zero-order valence-electron chi connectivity index (χ0n) is 8.95. The van der Waals surface area contributed by atoms with Crippen LogP contribution in [0.15, 0.2) is 0 Å². The van der Waals surface area contributed by atoms with E-state index in [2.05, 4.69) is 32.2 Å². The number of ether oxygens (including phenoxy) is 1. The van der Waals surface area contributed by atoms with Crippen molar-refractivity contribution in [3.05, 3.63) is 0 Å². The maximum Gasteiger partial charge on any atom is 0.331 e. The van der Waals surface area contributed by atoms with Gasteiger partial charge in [-0.3, -0.25) is 0 Å². The SMILES string of the molecule is CCCCCCC(S)(S)C(=O)OCC. The molecule has 2 nitrogen and oxygen atoms in total. The van der Waals surface area contributed by atoms with Gasteiger partial charge in [0, 0.05) is 0 Å². The predicted molar refractivity (Wildman–Crippen MR) is 66.1 cm³/mol. The Hall–Kier alpha value is 0.170. The molecule has 0 spiro atoms. The first-order chi connectivity index (χ1) is 6.54. The number of unbranched alkanes of at least 4 members (excludes halogenated alkanes) is 3. The molecule has 0 unspecified atom stereocenters. The molecule has 0 N–H and O–H groups in total. The van der Waals surface area contributed by atoms with Gasteiger partial charge in [-0.15, -0.1) is 0 Å². The molecule has 0 atom stereocenters. The normalized spacial score (nSPS) is 11.4. The lowest BCUT2D eigenvalue weighted by Crippen LogP contribution is -2.28. The fourth-order valence-corrected chi connectivity index (χ4v) is 1.59. The highest BCUT2D eigenvalue weighted by Gasteiger charge is 2.30. The smallest absolute Gasteiger partial charge is 0.331 e. The minimum atomic E-state index is -0.913. The van der Waals surface area contributed by atoms with E-state index in [0.29, 0.717) is 13.0 Å². The van der Waals surface area contributed by atoms with Crippen molar-refractivity contribution in [2.45, 2.75) is 50.0 Å². The third-order valence-electron chi connectivity index (χ3n) is 1.98. The highest BCUT2D eigenvalue weighted by atomic mass is 32.2. The van der Waals surface area contributed by atoms with Crippen molar-refractivity contribution in [3.8, 4) is 0 Å². The fourth-order valence-electron chi connectivity index (χ4n) is 1.15. The molecule has 0 saturated carbocycles. The fraction of sp³-hybridized carbons (Fsp3) is 0.900. The van der Waals surface area contributed by atoms with Crippen LogP contribution in [-0.4, -0.2) is 16.7 Å². The number of rotatable bonds is 7. The third-order valence-corrected chi connectivity index (χ3v) is 2.79. The van der Waals surface area contributed by atoms with E-state index in [4.69, 9.17) is 4.74 Å². The Morgan fingerprint density at radius 3 is 2.36 bits per heavy atom. The van der Waals surface area contributed by atoms with Gasteiger partial charge >= 0.3 is 5.97 Å². The van der Waals surface area contributed by atoms with E-state index in [1.54, 1.807) is 6.92 Å². The van der Waals surface area contributed by atoms with Gasteiger partial charge in [-0.2, -0.15) is 25.3 Å². The van der Waals surface area contributed by atoms with E-state index in [1.165, 1.54) is 12.8 Å². The zero-order chi connectivity index (χ0) is 11.0. The van der Waals surface area contributed by atoms with Crippen molar-refractivity contribution < 1.29 is 9.53 Å². The lowest BCUT2D eigenvalue weighted by Gasteiger charge is -2.19. The Bertz CT molecular complexity index is 170. The number of esters is 1. The number of carbonyl (C=O) groups excluding carboxylic acids is 1. The Kier molecular flexibility index (Phi) is 7.55. The summed E-state index contributed by atoms with van der Waals surface area (Å²) in [5.74, 6) is -0.330. The molecule has 0 rings (SSSR count). The van der Waals surface area contributed by atoms with Crippen LogP contribution in [0, 0.1) is 0 Å². The Morgan fingerprint density at radius 2 is 1.86 bits per heavy atom. The molecule has 0 saturated heterocycles. The lowest BCUT2D eigenvalue weighted by atomic mass is 10.1. The topological polar surface area (TPSA) is 26.3 Å². The van der Waals surface area contributed by atoms with Gasteiger partial charge in [-0.05, 0) is 13.3 Å². The monoisotopic (exact) mass is 236 g/mol. The van der Waals surface area contributed by atoms with Gasteiger partial charge < -0.3 is 4.74 Å². The first-order valence-electron chi connectivity index (χ1n) is 5.16. The number of carbonyl (C=O) groups is 1. The van der Waals surface area contributed by atoms with E-state index in [-0.39, 0.29) is 5.97 Å². The van der Waals surface area contributed by atoms with Gasteiger partial charge in [-0.25, -0.2) is 4.79 Å². The molecule has 0 bridgehead atoms. The first-order valence-corrected chi connectivity index (χ1v) is 6.06. The second-order valence-corrected chi connectivity index (χ2v) is 5.23. The summed E-state index contributed by atoms with van der Waals surface area (Å²) in [4.78, 5) is 11.4. The van der Waals surface area contributed by atoms with Crippen LogP contribution in [-0.2, 0) is 9.53 Å². The Labute approximate surface area is 97.6 Å². The van der Waals surface area contributed by atoms with Crippen LogP contribution in [0.2, 0.25) is 0 Å². The minimum absolute atomic E-state index is 0.330. The molecular weight excluding hydrogens is 216 g/mol. The molecule has 84 valence electrons. The maximum atomic E-state index is 11.4. The summed E-state index contributed by atoms with van der Waals surface area (Å²) in [7, 11) is 0. The Morgan fingerprint density at radius 1 is 1.21 bits per heavy atom. The summed E-state index contributed by atoms with van der Waals surface area (Å²) >= 11 is 8.41. The van der Waals surface area contributed by atoms with Gasteiger partial charge in [0.05, 0.1) is 6.61 Å². The molecule has 4 heteroatoms. The average molecular weight is 236 g/mol. The van der Waals surface area contributed by atoms with Gasteiger partial charge in [0.25, 0.3) is 0 Å². The molecule has 0 aromatic carbocycles. The van der Waals surface area contributed by atoms with Crippen molar-refractivity contribution in [1.29, 1.82) is 0 Å². The van der Waals surface area contributed by atoms with Gasteiger partial charge in [0.2, 0.25) is 0 Å². The molecule has 0 heterocycles. The molecule has 0 aliphatic heterocycles. The highest BCUT2D eigenvalue weighted by molar-refractivity contribution is 8.01. The molecule has 0 aromatic rings. The van der Waals surface area contributed by atoms with Crippen LogP contribution < -0.4 is 0 Å². The second-order valence-electron chi connectivity index (χ2n) is 3.35. The maximum absolute atomic E-state index is 11.4. The van der Waals surface area contributed by atoms with E-state index in [9.17, 15) is 4.79 Å². The summed E-state index contributed by atoms with van der Waals surface area (Å²) in [5, 5.41) is 0. The van der Waals surface area contributed by atoms with Gasteiger partial charge in [0.1, 0.15) is 0 Å². The summed E-state index contributed by atoms with van der Waals surface area (Å²) in [6.07, 6.45) is 5.14. The van der Waals surface area contributed by atoms with Crippen molar-refractivity contribution in [1.82, 2.24) is 0 Å². The molecule has 0 aromatic heterocycles. The van der Waals surface area contributed by atoms with E-state index in [1.807, 2.05) is 0 Å². The Balaban J connectivity index is 3.76. The van der Waals surface area contributed by atoms with Crippen LogP contribution >= 0.6 is 25.3 Å². The highest BCUT2D eigenvalue weighted by Crippen LogP contribution is 2.28. The molecule has 0 radical (unpaired) electrons. The predicted octanol–water partition coefficient (Wildman–Crippen LogP) is 3.08. The molecule has 0 aliphatic carbocycles. The van der Waals surface area contributed by atoms with Crippen molar-refractivity contribution in [3.63, 3.8) is 0 Å². The van der Waals surface area contributed by atoms with Crippen LogP contribution in [0.3, 0.4) is 0 Å². The van der Waals surface area contributed by atoms with E-state index < -0.39 is 4.08 Å². The first kappa shape index (κ1) is 14.2. The summed E-state index contributed by atoms with van der Waals surface area (Å²) in [6.45, 7) is 4.32. The number of hydrogen-bond acceptors (Lipinski definition) is 4. The zero-order valence-corrected chi connectivity index (χ0v) is 10.7. The van der Waals surface area contributed by atoms with E-state index in [0.717, 1.165) is 12.8 Å². The average Bonchev–Trinajstić information content (AvgIpc) is 2.13. The molecule has 0 amide bonds. The lowest BCUT2D eigenvalue weighted by molar-refractivity contribution is -0.143. The van der Waals surface area contributed by atoms with Crippen molar-refractivity contribution in [2.24, 2.45) is 0 Å². The van der Waals surface area contributed by atoms with Crippen molar-refractivity contribution in [2.75, 3.05) is 6.61 Å². The van der Waals surface area contributed by atoms with Crippen LogP contribution in [0.5, 0.6) is 0 Å². The van der Waals surface area contributed by atoms with Crippen LogP contribution in [0.1, 0.15) is 46.0 Å². The van der Waals surface area contributed by atoms with Crippen molar-refractivity contribution >= 4 is 31.2 Å². The van der Waals surface area contributed by atoms with E-state index >= 15 is 0 Å². The minimum Gasteiger partial charge on any atom is -0.464 e. The standard InChI is InChI=1S/C10H20O2S2/c1-3-5-6-7-8-10(13,14)9(11)12-4-2/h13-14H,3-8H2,1-2H3. The molecule has 0 aliphatic rings. The molecule has 14 heavy (non-hydrogen) atoms. The molecule has 0 fully saturated rings. The van der Waals surface area contributed by atoms with Gasteiger partial charge in [-0.1, -0.05) is 32.6 Å². The summed E-state index contributed by atoms with van der Waals surface area (Å²) in [6, 6.07) is 0. The third kappa shape index (κ3) is 5.81. The van der Waals surface area contributed by atoms with Crippen LogP contribution in [0.25, 0.3) is 0 Å². The summed E-state index contributed by atoms with van der Waals surface area (Å²) < 4.78 is 3.96. The quantitative estimate of drug-likeness (QED) is 0.307.